The zero-order valence-corrected chi connectivity index (χ0v) is 35.1. The molecule has 0 bridgehead atoms. The average molecular weight is 827 g/mol. The molecule has 312 valence electrons. The number of amides is 3. The minimum Gasteiger partial charge on any atom is -0.456 e. The number of ketones is 1. The normalized spacial score (nSPS) is 12.6. The maximum absolute atomic E-state index is 14.2. The van der Waals surface area contributed by atoms with Crippen LogP contribution < -0.4 is 30.9 Å². The van der Waals surface area contributed by atoms with Crippen LogP contribution in [0.25, 0.3) is 0 Å². The smallest absolute Gasteiger partial charge is 0.320 e. The number of rotatable bonds is 29. The summed E-state index contributed by atoms with van der Waals surface area (Å²) in [4.78, 5) is 51.3. The van der Waals surface area contributed by atoms with E-state index in [4.69, 9.17) is 16.3 Å². The number of hydrogen-bond donors (Lipinski definition) is 5. The zero-order valence-electron chi connectivity index (χ0n) is 33.5. The summed E-state index contributed by atoms with van der Waals surface area (Å²) < 4.78 is 34.4. The molecule has 0 saturated heterocycles. The number of para-hydroxylation sites is 1. The van der Waals surface area contributed by atoms with Gasteiger partial charge in [0.05, 0.1) is 11.4 Å². The van der Waals surface area contributed by atoms with E-state index >= 15 is 0 Å². The van der Waals surface area contributed by atoms with Crippen LogP contribution >= 0.6 is 11.6 Å². The van der Waals surface area contributed by atoms with Gasteiger partial charge in [0.1, 0.15) is 5.75 Å². The number of Topliss-reactive ketones (excluding diaryl/α,β-unsaturated/α-hetero) is 1. The van der Waals surface area contributed by atoms with Crippen molar-refractivity contribution in [3.05, 3.63) is 84.4 Å². The highest BCUT2D eigenvalue weighted by molar-refractivity contribution is 7.89. The van der Waals surface area contributed by atoms with Crippen LogP contribution in [-0.2, 0) is 24.4 Å². The van der Waals surface area contributed by atoms with Crippen molar-refractivity contribution >= 4 is 62.7 Å². The van der Waals surface area contributed by atoms with Gasteiger partial charge in [0.2, 0.25) is 22.2 Å². The molecule has 14 heteroatoms. The number of hydrogen-bond acceptors (Lipinski definition) is 8. The molecule has 12 nitrogen and oxygen atoms in total. The molecule has 0 radical (unpaired) electrons. The summed E-state index contributed by atoms with van der Waals surface area (Å²) in [6, 6.07) is 20.7. The summed E-state index contributed by atoms with van der Waals surface area (Å²) >= 11 is 6.85. The Labute approximate surface area is 343 Å². The molecule has 0 aliphatic rings. The van der Waals surface area contributed by atoms with E-state index in [0.29, 0.717) is 29.9 Å². The number of anilines is 3. The molecule has 1 unspecified atom stereocenters. The fourth-order valence-corrected chi connectivity index (χ4v) is 7.78. The van der Waals surface area contributed by atoms with Gasteiger partial charge in [-0.15, -0.1) is 0 Å². The third-order valence-corrected chi connectivity index (χ3v) is 11.4. The van der Waals surface area contributed by atoms with Crippen molar-refractivity contribution in [2.75, 3.05) is 28.4 Å². The first-order chi connectivity index (χ1) is 27.3. The molecule has 3 aromatic rings. The maximum Gasteiger partial charge on any atom is 0.320 e. The highest BCUT2D eigenvalue weighted by Crippen LogP contribution is 2.33. The number of carbonyl (C=O) groups excluding carboxylic acids is 4. The van der Waals surface area contributed by atoms with Gasteiger partial charge in [0.15, 0.2) is 0 Å². The Bertz CT molecular complexity index is 1790. The molecule has 3 rings (SSSR count). The van der Waals surface area contributed by atoms with Crippen LogP contribution in [0.2, 0.25) is 0 Å². The summed E-state index contributed by atoms with van der Waals surface area (Å²) in [5, 5.41) is 2.77. The molecule has 0 fully saturated rings. The minimum absolute atomic E-state index is 0.0189. The van der Waals surface area contributed by atoms with Crippen LogP contribution in [0.1, 0.15) is 121 Å². The molecule has 3 aromatic carbocycles. The van der Waals surface area contributed by atoms with Gasteiger partial charge in [-0.25, -0.2) is 13.1 Å². The van der Waals surface area contributed by atoms with Gasteiger partial charge >= 0.3 is 5.06 Å². The lowest BCUT2D eigenvalue weighted by molar-refractivity contribution is -0.144. The molecular weight excluding hydrogens is 766 g/mol. The summed E-state index contributed by atoms with van der Waals surface area (Å²) in [5.74, 6) is -2.33. The van der Waals surface area contributed by atoms with E-state index in [9.17, 15) is 27.6 Å². The number of unbranched alkanes of at least 4 members (excludes halogenated alkanes) is 13. The molecule has 0 aromatic heterocycles. The second kappa shape index (κ2) is 24.3. The number of benzene rings is 3. The van der Waals surface area contributed by atoms with E-state index in [0.717, 1.165) is 25.7 Å². The van der Waals surface area contributed by atoms with Crippen molar-refractivity contribution in [1.82, 2.24) is 10.1 Å². The van der Waals surface area contributed by atoms with E-state index in [-0.39, 0.29) is 23.6 Å². The maximum atomic E-state index is 14.2. The Morgan fingerprint density at radius 3 is 1.74 bits per heavy atom. The SMILES string of the molecule is CCCCCCCCCCCCCCCCS(=O)(=O)NCC(C)(C)C(=O)C(Cl)(Oc1ccc(C(=O)Nc2ccc(NNC=O)cc2)cc1)C(=O)Nc1ccccc1. The second-order valence-corrected chi connectivity index (χ2v) is 17.4. The van der Waals surface area contributed by atoms with Crippen molar-refractivity contribution in [2.45, 2.75) is 116 Å². The molecule has 0 aliphatic carbocycles. The fourth-order valence-electron chi connectivity index (χ4n) is 6.08. The van der Waals surface area contributed by atoms with Gasteiger partial charge in [-0.1, -0.05) is 134 Å². The standard InChI is InChI=1S/C43H60ClN5O7S/c1-4-5-6-7-8-9-10-11-12-13-14-15-16-20-31-57(54,55)46-32-42(2,3)40(52)43(44,41(53)48-35-21-18-17-19-22-35)56-38-29-23-34(24-30-38)39(51)47-36-25-27-37(28-26-36)49-45-33-50/h17-19,21-30,33,46,49H,4-16,20,31-32H2,1-3H3,(H,45,50)(H,47,51)(H,48,53). The first-order valence-corrected chi connectivity index (χ1v) is 22.1. The van der Waals surface area contributed by atoms with Gasteiger partial charge in [0.25, 0.3) is 11.8 Å². The molecule has 0 saturated carbocycles. The number of carbonyl (C=O) groups is 4. The third kappa shape index (κ3) is 16.9. The molecular formula is C43H60ClN5O7S. The van der Waals surface area contributed by atoms with Crippen molar-refractivity contribution in [2.24, 2.45) is 5.41 Å². The predicted molar refractivity (Wildman–Crippen MR) is 229 cm³/mol. The van der Waals surface area contributed by atoms with Gasteiger partial charge < -0.3 is 15.4 Å². The first-order valence-electron chi connectivity index (χ1n) is 20.0. The van der Waals surface area contributed by atoms with Gasteiger partial charge in [-0.3, -0.25) is 30.0 Å². The number of alkyl halides is 1. The Hall–Kier alpha value is -4.46. The quantitative estimate of drug-likeness (QED) is 0.0152. The van der Waals surface area contributed by atoms with Gasteiger partial charge in [0, 0.05) is 28.9 Å². The summed E-state index contributed by atoms with van der Waals surface area (Å²) in [7, 11) is -3.72. The lowest BCUT2D eigenvalue weighted by Crippen LogP contribution is -2.57. The Balaban J connectivity index is 1.56. The first kappa shape index (κ1) is 46.9. The van der Waals surface area contributed by atoms with Crippen molar-refractivity contribution < 1.29 is 32.3 Å². The fraction of sp³-hybridized carbons (Fsp3) is 0.488. The van der Waals surface area contributed by atoms with Crippen LogP contribution in [0.5, 0.6) is 5.75 Å². The van der Waals surface area contributed by atoms with Gasteiger partial charge in [-0.2, -0.15) is 0 Å². The number of nitrogens with one attached hydrogen (secondary N) is 5. The largest absolute Gasteiger partial charge is 0.456 e. The monoisotopic (exact) mass is 825 g/mol. The van der Waals surface area contributed by atoms with E-state index in [2.05, 4.69) is 33.1 Å². The predicted octanol–water partition coefficient (Wildman–Crippen LogP) is 8.96. The minimum atomic E-state index is -3.72. The number of hydrazine groups is 1. The lowest BCUT2D eigenvalue weighted by Gasteiger charge is -2.33. The molecule has 5 N–H and O–H groups in total. The zero-order chi connectivity index (χ0) is 41.6. The van der Waals surface area contributed by atoms with Crippen molar-refractivity contribution in [3.63, 3.8) is 0 Å². The highest BCUT2D eigenvalue weighted by Gasteiger charge is 2.53. The lowest BCUT2D eigenvalue weighted by atomic mass is 9.84. The Morgan fingerprint density at radius 1 is 0.684 bits per heavy atom. The van der Waals surface area contributed by atoms with E-state index in [1.165, 1.54) is 95.9 Å². The van der Waals surface area contributed by atoms with Gasteiger partial charge in [-0.05, 0) is 67.1 Å². The molecule has 1 atom stereocenters. The summed E-state index contributed by atoms with van der Waals surface area (Å²) in [6.45, 7) is 4.91. The molecule has 0 heterocycles. The molecule has 3 amide bonds. The topological polar surface area (TPSA) is 172 Å². The average Bonchev–Trinajstić information content (AvgIpc) is 3.20. The van der Waals surface area contributed by atoms with Crippen LogP contribution in [0, 0.1) is 5.41 Å². The van der Waals surface area contributed by atoms with E-state index < -0.39 is 38.1 Å². The summed E-state index contributed by atoms with van der Waals surface area (Å²) in [5.41, 5.74) is 5.24. The summed E-state index contributed by atoms with van der Waals surface area (Å²) in [6.07, 6.45) is 16.7. The van der Waals surface area contributed by atoms with Crippen LogP contribution in [0.4, 0.5) is 17.1 Å². The third-order valence-electron chi connectivity index (χ3n) is 9.52. The second-order valence-electron chi connectivity index (χ2n) is 14.9. The van der Waals surface area contributed by atoms with Crippen molar-refractivity contribution in [3.8, 4) is 5.75 Å². The Kier molecular flexibility index (Phi) is 20.0. The molecule has 0 aliphatic heterocycles. The van der Waals surface area contributed by atoms with Crippen LogP contribution in [0.3, 0.4) is 0 Å². The number of halogens is 1. The number of ether oxygens (including phenoxy) is 1. The van der Waals surface area contributed by atoms with Crippen LogP contribution in [0.15, 0.2) is 78.9 Å². The highest BCUT2D eigenvalue weighted by atomic mass is 35.5. The van der Waals surface area contributed by atoms with Crippen LogP contribution in [-0.4, -0.2) is 49.8 Å². The Morgan fingerprint density at radius 2 is 1.19 bits per heavy atom. The number of sulfonamides is 1. The van der Waals surface area contributed by atoms with E-state index in [1.54, 1.807) is 54.6 Å². The van der Waals surface area contributed by atoms with Crippen molar-refractivity contribution in [1.29, 1.82) is 0 Å². The van der Waals surface area contributed by atoms with E-state index in [1.807, 2.05) is 0 Å². The molecule has 0 spiro atoms. The molecule has 57 heavy (non-hydrogen) atoms.